The first-order valence-corrected chi connectivity index (χ1v) is 7.89. The highest BCUT2D eigenvalue weighted by Crippen LogP contribution is 2.41. The van der Waals surface area contributed by atoms with Gasteiger partial charge in [0.1, 0.15) is 0 Å². The highest BCUT2D eigenvalue weighted by Gasteiger charge is 2.43. The lowest BCUT2D eigenvalue weighted by atomic mass is 9.78. The first-order chi connectivity index (χ1) is 10.2. The minimum absolute atomic E-state index is 0.0737. The number of aryl methyl sites for hydroxylation is 1. The fourth-order valence-corrected chi connectivity index (χ4v) is 3.80. The van der Waals surface area contributed by atoms with E-state index in [4.69, 9.17) is 15.3 Å². The molecular weight excluding hydrogens is 264 g/mol. The van der Waals surface area contributed by atoms with Gasteiger partial charge in [-0.05, 0) is 49.3 Å². The summed E-state index contributed by atoms with van der Waals surface area (Å²) >= 11 is 0. The third kappa shape index (κ3) is 2.86. The molecule has 3 unspecified atom stereocenters. The van der Waals surface area contributed by atoms with Crippen molar-refractivity contribution in [3.8, 4) is 0 Å². The van der Waals surface area contributed by atoms with Crippen LogP contribution in [0.2, 0.25) is 0 Å². The molecule has 2 saturated heterocycles. The van der Waals surface area contributed by atoms with Crippen molar-refractivity contribution in [2.24, 2.45) is 11.8 Å². The van der Waals surface area contributed by atoms with Crippen LogP contribution in [0.15, 0.2) is 18.2 Å². The molecule has 0 aromatic heterocycles. The molecule has 1 aromatic rings. The molecular formula is C17H26N2O2. The van der Waals surface area contributed by atoms with Gasteiger partial charge in [0.2, 0.25) is 0 Å². The minimum Gasteiger partial charge on any atom is -0.378 e. The highest BCUT2D eigenvalue weighted by atomic mass is 16.6. The van der Waals surface area contributed by atoms with Crippen LogP contribution in [0, 0.1) is 19.8 Å². The molecule has 0 bridgehead atoms. The molecule has 21 heavy (non-hydrogen) atoms. The van der Waals surface area contributed by atoms with Crippen LogP contribution in [0.4, 0.5) is 0 Å². The topological polar surface area (TPSA) is 56.5 Å². The molecule has 2 fully saturated rings. The van der Waals surface area contributed by atoms with Crippen molar-refractivity contribution in [2.45, 2.75) is 44.8 Å². The maximum atomic E-state index is 6.05. The Morgan fingerprint density at radius 1 is 1.33 bits per heavy atom. The van der Waals surface area contributed by atoms with E-state index < -0.39 is 0 Å². The first kappa shape index (κ1) is 15.0. The van der Waals surface area contributed by atoms with Crippen molar-refractivity contribution < 1.29 is 9.47 Å². The molecule has 4 nitrogen and oxygen atoms in total. The van der Waals surface area contributed by atoms with E-state index in [0.29, 0.717) is 5.92 Å². The molecule has 116 valence electrons. The van der Waals surface area contributed by atoms with Crippen molar-refractivity contribution in [1.29, 1.82) is 0 Å². The first-order valence-electron chi connectivity index (χ1n) is 7.89. The molecule has 4 heteroatoms. The average Bonchev–Trinajstić information content (AvgIpc) is 2.92. The van der Waals surface area contributed by atoms with Crippen LogP contribution < -0.4 is 11.3 Å². The Morgan fingerprint density at radius 3 is 2.90 bits per heavy atom. The maximum absolute atomic E-state index is 6.05. The van der Waals surface area contributed by atoms with Gasteiger partial charge in [-0.25, -0.2) is 0 Å². The van der Waals surface area contributed by atoms with E-state index in [2.05, 4.69) is 37.5 Å². The third-order valence-corrected chi connectivity index (χ3v) is 5.23. The Labute approximate surface area is 127 Å². The lowest BCUT2D eigenvalue weighted by Gasteiger charge is -2.40. The van der Waals surface area contributed by atoms with Gasteiger partial charge in [-0.15, -0.1) is 0 Å². The quantitative estimate of drug-likeness (QED) is 0.663. The number of nitrogens with one attached hydrogen (secondary N) is 1. The van der Waals surface area contributed by atoms with Gasteiger partial charge in [-0.3, -0.25) is 11.3 Å². The Bertz CT molecular complexity index is 498. The molecule has 0 aliphatic carbocycles. The second-order valence-corrected chi connectivity index (χ2v) is 6.52. The van der Waals surface area contributed by atoms with Gasteiger partial charge in [0.05, 0.1) is 12.2 Å². The predicted molar refractivity (Wildman–Crippen MR) is 82.8 cm³/mol. The number of benzene rings is 1. The fraction of sp³-hybridized carbons (Fsp3) is 0.647. The minimum atomic E-state index is -0.0737. The summed E-state index contributed by atoms with van der Waals surface area (Å²) in [6, 6.07) is 6.66. The SMILES string of the molecule is Cc1cccc(C(NN)C2CCOC3(CCOC3)C2)c1C. The Morgan fingerprint density at radius 2 is 2.19 bits per heavy atom. The number of hydrogen-bond acceptors (Lipinski definition) is 4. The van der Waals surface area contributed by atoms with Crippen LogP contribution in [0.25, 0.3) is 0 Å². The lowest BCUT2D eigenvalue weighted by Crippen LogP contribution is -2.45. The highest BCUT2D eigenvalue weighted by molar-refractivity contribution is 5.35. The lowest BCUT2D eigenvalue weighted by molar-refractivity contribution is -0.103. The van der Waals surface area contributed by atoms with Gasteiger partial charge in [-0.1, -0.05) is 18.2 Å². The van der Waals surface area contributed by atoms with Gasteiger partial charge >= 0.3 is 0 Å². The molecule has 2 aliphatic heterocycles. The van der Waals surface area contributed by atoms with Gasteiger partial charge in [0, 0.05) is 25.7 Å². The van der Waals surface area contributed by atoms with Crippen LogP contribution in [0.3, 0.4) is 0 Å². The second-order valence-electron chi connectivity index (χ2n) is 6.52. The average molecular weight is 290 g/mol. The Kier molecular flexibility index (Phi) is 4.31. The van der Waals surface area contributed by atoms with Gasteiger partial charge in [0.15, 0.2) is 0 Å². The molecule has 3 rings (SSSR count). The van der Waals surface area contributed by atoms with Crippen molar-refractivity contribution in [3.63, 3.8) is 0 Å². The molecule has 2 aliphatic rings. The van der Waals surface area contributed by atoms with E-state index in [-0.39, 0.29) is 11.6 Å². The smallest absolute Gasteiger partial charge is 0.0940 e. The summed E-state index contributed by atoms with van der Waals surface area (Å²) in [5, 5.41) is 0. The number of hydrogen-bond donors (Lipinski definition) is 2. The molecule has 1 spiro atoms. The number of rotatable bonds is 3. The molecule has 0 saturated carbocycles. The fourth-order valence-electron chi connectivity index (χ4n) is 3.80. The Hall–Kier alpha value is -0.940. The predicted octanol–water partition coefficient (Wildman–Crippen LogP) is 2.39. The van der Waals surface area contributed by atoms with Crippen LogP contribution >= 0.6 is 0 Å². The molecule has 0 radical (unpaired) electrons. The van der Waals surface area contributed by atoms with Crippen LogP contribution in [0.5, 0.6) is 0 Å². The van der Waals surface area contributed by atoms with Crippen molar-refractivity contribution in [3.05, 3.63) is 34.9 Å². The maximum Gasteiger partial charge on any atom is 0.0940 e. The van der Waals surface area contributed by atoms with Crippen LogP contribution in [0.1, 0.15) is 42.0 Å². The zero-order valence-electron chi connectivity index (χ0n) is 13.0. The van der Waals surface area contributed by atoms with Gasteiger partial charge < -0.3 is 9.47 Å². The van der Waals surface area contributed by atoms with Crippen LogP contribution in [-0.4, -0.2) is 25.4 Å². The van der Waals surface area contributed by atoms with Crippen molar-refractivity contribution in [1.82, 2.24) is 5.43 Å². The summed E-state index contributed by atoms with van der Waals surface area (Å²) in [6.07, 6.45) is 3.08. The van der Waals surface area contributed by atoms with Gasteiger partial charge in [-0.2, -0.15) is 0 Å². The molecule has 2 heterocycles. The summed E-state index contributed by atoms with van der Waals surface area (Å²) in [5.41, 5.74) is 6.97. The van der Waals surface area contributed by atoms with E-state index >= 15 is 0 Å². The van der Waals surface area contributed by atoms with Gasteiger partial charge in [0.25, 0.3) is 0 Å². The van der Waals surface area contributed by atoms with Crippen molar-refractivity contribution >= 4 is 0 Å². The molecule has 3 N–H and O–H groups in total. The zero-order chi connectivity index (χ0) is 14.9. The summed E-state index contributed by atoms with van der Waals surface area (Å²) < 4.78 is 11.6. The number of nitrogens with two attached hydrogens (primary N) is 1. The standard InChI is InChI=1S/C17H26N2O2/c1-12-4-3-5-15(13(12)2)16(19-18)14-6-8-21-17(10-14)7-9-20-11-17/h3-5,14,16,19H,6-11,18H2,1-2H3. The monoisotopic (exact) mass is 290 g/mol. The van der Waals surface area contributed by atoms with E-state index in [0.717, 1.165) is 39.1 Å². The largest absolute Gasteiger partial charge is 0.378 e. The third-order valence-electron chi connectivity index (χ3n) is 5.23. The van der Waals surface area contributed by atoms with E-state index in [1.807, 2.05) is 0 Å². The molecule has 3 atom stereocenters. The van der Waals surface area contributed by atoms with E-state index in [1.165, 1.54) is 16.7 Å². The van der Waals surface area contributed by atoms with Crippen molar-refractivity contribution in [2.75, 3.05) is 19.8 Å². The number of hydrazine groups is 1. The van der Waals surface area contributed by atoms with E-state index in [1.54, 1.807) is 0 Å². The van der Waals surface area contributed by atoms with E-state index in [9.17, 15) is 0 Å². The summed E-state index contributed by atoms with van der Waals surface area (Å²) in [5.74, 6) is 6.41. The van der Waals surface area contributed by atoms with Crippen LogP contribution in [-0.2, 0) is 9.47 Å². The Balaban J connectivity index is 1.84. The summed E-state index contributed by atoms with van der Waals surface area (Å²) in [4.78, 5) is 0. The summed E-state index contributed by atoms with van der Waals surface area (Å²) in [6.45, 7) is 6.69. The second kappa shape index (κ2) is 6.05. The zero-order valence-corrected chi connectivity index (χ0v) is 13.0. The normalized spacial score (nSPS) is 30.7. The molecule has 1 aromatic carbocycles. The number of ether oxygens (including phenoxy) is 2. The molecule has 0 amide bonds. The summed E-state index contributed by atoms with van der Waals surface area (Å²) in [7, 11) is 0.